The summed E-state index contributed by atoms with van der Waals surface area (Å²) in [6.45, 7) is 8.94. The average Bonchev–Trinajstić information content (AvgIpc) is 2.44. The van der Waals surface area contributed by atoms with Gasteiger partial charge in [-0.05, 0) is 38.5 Å². The zero-order chi connectivity index (χ0) is 16.1. The van der Waals surface area contributed by atoms with E-state index in [1.165, 1.54) is 4.90 Å². The molecule has 122 valence electrons. The summed E-state index contributed by atoms with van der Waals surface area (Å²) in [4.78, 5) is 13.6. The smallest absolute Gasteiger partial charge is 0.230 e. The van der Waals surface area contributed by atoms with Crippen molar-refractivity contribution in [3.8, 4) is 5.75 Å². The Labute approximate surface area is 132 Å². The molecule has 1 saturated heterocycles. The van der Waals surface area contributed by atoms with Crippen molar-refractivity contribution in [3.05, 3.63) is 23.8 Å². The van der Waals surface area contributed by atoms with Crippen LogP contribution in [-0.2, 0) is 9.53 Å². The number of carbonyl (C=O) groups is 1. The third-order valence-corrected chi connectivity index (χ3v) is 3.95. The maximum atomic E-state index is 12.2. The molecule has 0 aliphatic carbocycles. The lowest BCUT2D eigenvalue weighted by Crippen LogP contribution is -3.15. The van der Waals surface area contributed by atoms with Crippen LogP contribution in [0.5, 0.6) is 5.75 Å². The highest BCUT2D eigenvalue weighted by Gasteiger charge is 2.25. The molecule has 0 spiro atoms. The second-order valence-corrected chi connectivity index (χ2v) is 6.17. The second kappa shape index (κ2) is 7.61. The molecule has 1 fully saturated rings. The molecule has 2 N–H and O–H groups in total. The Morgan fingerprint density at radius 2 is 2.05 bits per heavy atom. The van der Waals surface area contributed by atoms with E-state index in [0.717, 1.165) is 30.9 Å². The number of hydrogen-bond donors (Lipinski definition) is 2. The van der Waals surface area contributed by atoms with Gasteiger partial charge in [-0.15, -0.1) is 0 Å². The number of carbonyl (C=O) groups excluding carboxylic acids is 1. The molecule has 5 nitrogen and oxygen atoms in total. The number of aryl methyl sites for hydroxylation is 1. The van der Waals surface area contributed by atoms with E-state index in [0.29, 0.717) is 12.2 Å². The van der Waals surface area contributed by atoms with Gasteiger partial charge in [0.15, 0.2) is 0 Å². The number of nitrogens with one attached hydrogen (secondary N) is 2. The largest absolute Gasteiger partial charge is 0.495 e. The zero-order valence-electron chi connectivity index (χ0n) is 13.9. The van der Waals surface area contributed by atoms with E-state index in [-0.39, 0.29) is 18.1 Å². The molecule has 0 saturated carbocycles. The van der Waals surface area contributed by atoms with Crippen molar-refractivity contribution in [1.29, 1.82) is 0 Å². The molecule has 2 atom stereocenters. The van der Waals surface area contributed by atoms with Crippen LogP contribution in [0.2, 0.25) is 0 Å². The zero-order valence-corrected chi connectivity index (χ0v) is 13.9. The normalized spacial score (nSPS) is 24.8. The van der Waals surface area contributed by atoms with Gasteiger partial charge in [0.2, 0.25) is 5.91 Å². The minimum absolute atomic E-state index is 0.0307. The van der Waals surface area contributed by atoms with Crippen molar-refractivity contribution < 1.29 is 19.2 Å². The van der Waals surface area contributed by atoms with Crippen LogP contribution in [0.1, 0.15) is 25.8 Å². The summed E-state index contributed by atoms with van der Waals surface area (Å²) in [6.07, 6.45) is 1.03. The van der Waals surface area contributed by atoms with Crippen molar-refractivity contribution >= 4 is 11.6 Å². The summed E-state index contributed by atoms with van der Waals surface area (Å²) in [5, 5.41) is 2.96. The maximum absolute atomic E-state index is 12.2. The first-order chi connectivity index (χ1) is 10.5. The fourth-order valence-corrected chi connectivity index (χ4v) is 3.02. The molecular weight excluding hydrogens is 280 g/mol. The maximum Gasteiger partial charge on any atom is 0.230 e. The minimum Gasteiger partial charge on any atom is -0.495 e. The topological polar surface area (TPSA) is 52.0 Å². The minimum atomic E-state index is 0.0307. The number of methoxy groups -OCH3 is 1. The number of anilines is 1. The summed E-state index contributed by atoms with van der Waals surface area (Å²) >= 11 is 0. The van der Waals surface area contributed by atoms with Crippen LogP contribution in [0.25, 0.3) is 0 Å². The number of ether oxygens (including phenoxy) is 2. The highest BCUT2D eigenvalue weighted by atomic mass is 16.5. The van der Waals surface area contributed by atoms with Crippen molar-refractivity contribution in [2.45, 2.75) is 39.4 Å². The van der Waals surface area contributed by atoms with Crippen molar-refractivity contribution in [3.63, 3.8) is 0 Å². The van der Waals surface area contributed by atoms with E-state index >= 15 is 0 Å². The Hall–Kier alpha value is -1.59. The fourth-order valence-electron chi connectivity index (χ4n) is 3.02. The van der Waals surface area contributed by atoms with Crippen LogP contribution < -0.4 is 15.0 Å². The van der Waals surface area contributed by atoms with Gasteiger partial charge in [-0.25, -0.2) is 0 Å². The molecule has 5 heteroatoms. The Balaban J connectivity index is 1.87. The Kier molecular flexibility index (Phi) is 5.80. The van der Waals surface area contributed by atoms with E-state index in [2.05, 4.69) is 19.2 Å². The van der Waals surface area contributed by atoms with Gasteiger partial charge in [0, 0.05) is 0 Å². The number of quaternary nitrogens is 1. The molecular formula is C17H27N2O3+. The quantitative estimate of drug-likeness (QED) is 0.854. The molecule has 0 bridgehead atoms. The molecule has 1 aromatic carbocycles. The van der Waals surface area contributed by atoms with Crippen molar-refractivity contribution in [2.75, 3.05) is 32.1 Å². The molecule has 2 unspecified atom stereocenters. The van der Waals surface area contributed by atoms with E-state index in [9.17, 15) is 4.79 Å². The fraction of sp³-hybridized carbons (Fsp3) is 0.588. The molecule has 1 amide bonds. The second-order valence-electron chi connectivity index (χ2n) is 6.17. The van der Waals surface area contributed by atoms with Crippen LogP contribution >= 0.6 is 0 Å². The highest BCUT2D eigenvalue weighted by Crippen LogP contribution is 2.25. The third-order valence-electron chi connectivity index (χ3n) is 3.95. The van der Waals surface area contributed by atoms with Crippen LogP contribution in [0.3, 0.4) is 0 Å². The summed E-state index contributed by atoms with van der Waals surface area (Å²) in [5.41, 5.74) is 1.84. The van der Waals surface area contributed by atoms with Gasteiger partial charge in [-0.2, -0.15) is 0 Å². The van der Waals surface area contributed by atoms with E-state index in [4.69, 9.17) is 9.47 Å². The van der Waals surface area contributed by atoms with Gasteiger partial charge < -0.3 is 19.7 Å². The lowest BCUT2D eigenvalue weighted by Gasteiger charge is -2.32. The van der Waals surface area contributed by atoms with Gasteiger partial charge in [-0.3, -0.25) is 4.79 Å². The van der Waals surface area contributed by atoms with Crippen LogP contribution in [0.4, 0.5) is 5.69 Å². The number of rotatable bonds is 5. The molecule has 1 aliphatic rings. The van der Waals surface area contributed by atoms with Crippen molar-refractivity contribution in [2.24, 2.45) is 0 Å². The average molecular weight is 307 g/mol. The Morgan fingerprint density at radius 3 is 2.68 bits per heavy atom. The molecule has 1 heterocycles. The van der Waals surface area contributed by atoms with Gasteiger partial charge in [0.1, 0.15) is 31.0 Å². The summed E-state index contributed by atoms with van der Waals surface area (Å²) < 4.78 is 11.0. The first-order valence-electron chi connectivity index (χ1n) is 7.91. The molecule has 0 aromatic heterocycles. The Morgan fingerprint density at radius 1 is 1.36 bits per heavy atom. The van der Waals surface area contributed by atoms with E-state index in [1.807, 2.05) is 25.1 Å². The standard InChI is InChI=1S/C17H26N2O3/c1-12-5-6-16(21-4)15(9-12)18-17(20)7-8-19-10-13(2)22-14(3)11-19/h5-6,9,13-14H,7-8,10-11H2,1-4H3,(H,18,20)/p+1. The molecule has 22 heavy (non-hydrogen) atoms. The lowest BCUT2D eigenvalue weighted by atomic mass is 10.2. The molecule has 1 aliphatic heterocycles. The van der Waals surface area contributed by atoms with Crippen LogP contribution in [0.15, 0.2) is 18.2 Å². The summed E-state index contributed by atoms with van der Waals surface area (Å²) in [6, 6.07) is 5.78. The Bertz CT molecular complexity index is 509. The number of amides is 1. The molecule has 2 rings (SSSR count). The first-order valence-corrected chi connectivity index (χ1v) is 7.91. The molecule has 0 radical (unpaired) electrons. The monoisotopic (exact) mass is 307 g/mol. The first kappa shape index (κ1) is 16.8. The number of benzene rings is 1. The van der Waals surface area contributed by atoms with Crippen LogP contribution in [-0.4, -0.2) is 44.9 Å². The SMILES string of the molecule is COc1ccc(C)cc1NC(=O)CC[NH+]1CC(C)OC(C)C1. The van der Waals surface area contributed by atoms with Gasteiger partial charge in [0.25, 0.3) is 0 Å². The van der Waals surface area contributed by atoms with Gasteiger partial charge >= 0.3 is 0 Å². The summed E-state index contributed by atoms with van der Waals surface area (Å²) in [5.74, 6) is 0.725. The van der Waals surface area contributed by atoms with Crippen molar-refractivity contribution in [1.82, 2.24) is 0 Å². The van der Waals surface area contributed by atoms with Crippen LogP contribution in [0, 0.1) is 6.92 Å². The van der Waals surface area contributed by atoms with E-state index in [1.54, 1.807) is 7.11 Å². The number of morpholine rings is 1. The highest BCUT2D eigenvalue weighted by molar-refractivity contribution is 5.92. The third kappa shape index (κ3) is 4.71. The number of hydrogen-bond acceptors (Lipinski definition) is 3. The van der Waals surface area contributed by atoms with Gasteiger partial charge in [0.05, 0.1) is 25.8 Å². The summed E-state index contributed by atoms with van der Waals surface area (Å²) in [7, 11) is 1.61. The van der Waals surface area contributed by atoms with Gasteiger partial charge in [-0.1, -0.05) is 6.07 Å². The lowest BCUT2D eigenvalue weighted by molar-refractivity contribution is -0.914. The predicted octanol–water partition coefficient (Wildman–Crippen LogP) is 1.02. The predicted molar refractivity (Wildman–Crippen MR) is 86.6 cm³/mol. The molecule has 1 aromatic rings. The van der Waals surface area contributed by atoms with E-state index < -0.39 is 0 Å².